The molecule has 0 aliphatic heterocycles. The van der Waals surface area contributed by atoms with E-state index in [0.29, 0.717) is 0 Å². The molecule has 0 aliphatic carbocycles. The minimum Gasteiger partial charge on any atom is -0.309 e. The largest absolute Gasteiger partial charge is 0.309 e. The molecule has 2 rings (SSSR count). The summed E-state index contributed by atoms with van der Waals surface area (Å²) in [7, 11) is 1.93. The first-order valence-electron chi connectivity index (χ1n) is 5.29. The van der Waals surface area contributed by atoms with Gasteiger partial charge in [0.2, 0.25) is 0 Å². The van der Waals surface area contributed by atoms with Gasteiger partial charge in [0, 0.05) is 9.90 Å². The van der Waals surface area contributed by atoms with Gasteiger partial charge in [-0.1, -0.05) is 29.3 Å². The molecule has 0 fully saturated rings. The standard InChI is InChI=1S/C13H13Cl2NS/c1-8-5-9(7-10(14)6-8)12(16-2)13-11(15)3-4-17-13/h3-7,12,16H,1-2H3. The lowest BCUT2D eigenvalue weighted by atomic mass is 10.0. The van der Waals surface area contributed by atoms with E-state index in [4.69, 9.17) is 23.2 Å². The predicted octanol–water partition coefficient (Wildman–Crippen LogP) is 4.67. The summed E-state index contributed by atoms with van der Waals surface area (Å²) in [5.74, 6) is 0. The Hall–Kier alpha value is -0.540. The zero-order valence-corrected chi connectivity index (χ0v) is 12.0. The molecule has 1 aromatic carbocycles. The Morgan fingerprint density at radius 1 is 1.24 bits per heavy atom. The number of benzene rings is 1. The molecule has 0 radical (unpaired) electrons. The fraction of sp³-hybridized carbons (Fsp3) is 0.231. The Morgan fingerprint density at radius 2 is 2.00 bits per heavy atom. The van der Waals surface area contributed by atoms with Crippen LogP contribution in [0.2, 0.25) is 10.0 Å². The highest BCUT2D eigenvalue weighted by Crippen LogP contribution is 2.33. The summed E-state index contributed by atoms with van der Waals surface area (Å²) in [6.45, 7) is 2.04. The van der Waals surface area contributed by atoms with Gasteiger partial charge in [0.25, 0.3) is 0 Å². The zero-order chi connectivity index (χ0) is 12.4. The number of thiophene rings is 1. The van der Waals surface area contributed by atoms with Gasteiger partial charge >= 0.3 is 0 Å². The molecule has 0 bridgehead atoms. The van der Waals surface area contributed by atoms with Gasteiger partial charge in [-0.3, -0.25) is 0 Å². The maximum atomic E-state index is 6.18. The van der Waals surface area contributed by atoms with E-state index in [0.717, 1.165) is 26.0 Å². The average Bonchev–Trinajstić information content (AvgIpc) is 2.65. The Bertz CT molecular complexity index is 502. The van der Waals surface area contributed by atoms with E-state index in [-0.39, 0.29) is 6.04 Å². The van der Waals surface area contributed by atoms with Crippen LogP contribution in [0, 0.1) is 6.92 Å². The highest BCUT2D eigenvalue weighted by Gasteiger charge is 2.17. The number of hydrogen-bond donors (Lipinski definition) is 1. The molecular formula is C13H13Cl2NS. The third kappa shape index (κ3) is 2.83. The van der Waals surface area contributed by atoms with Crippen molar-refractivity contribution in [3.63, 3.8) is 0 Å². The number of rotatable bonds is 3. The van der Waals surface area contributed by atoms with Crippen molar-refractivity contribution in [2.75, 3.05) is 7.05 Å². The summed E-state index contributed by atoms with van der Waals surface area (Å²) < 4.78 is 0. The Labute approximate surface area is 115 Å². The predicted molar refractivity (Wildman–Crippen MR) is 76.4 cm³/mol. The molecule has 0 saturated carbocycles. The highest BCUT2D eigenvalue weighted by atomic mass is 35.5. The number of aryl methyl sites for hydroxylation is 1. The van der Waals surface area contributed by atoms with Crippen LogP contribution in [0.25, 0.3) is 0 Å². The average molecular weight is 286 g/mol. The third-order valence-corrected chi connectivity index (χ3v) is 4.23. The third-order valence-electron chi connectivity index (χ3n) is 2.59. The Balaban J connectivity index is 2.45. The number of halogens is 2. The van der Waals surface area contributed by atoms with Crippen molar-refractivity contribution in [1.29, 1.82) is 0 Å². The first-order valence-corrected chi connectivity index (χ1v) is 6.92. The van der Waals surface area contributed by atoms with Crippen LogP contribution < -0.4 is 5.32 Å². The van der Waals surface area contributed by atoms with Crippen molar-refractivity contribution >= 4 is 34.5 Å². The van der Waals surface area contributed by atoms with Gasteiger partial charge in [-0.15, -0.1) is 11.3 Å². The van der Waals surface area contributed by atoms with Crippen LogP contribution in [0.4, 0.5) is 0 Å². The van der Waals surface area contributed by atoms with E-state index in [2.05, 4.69) is 11.4 Å². The molecule has 1 aromatic heterocycles. The molecule has 1 atom stereocenters. The normalized spacial score (nSPS) is 12.7. The minimum absolute atomic E-state index is 0.0971. The van der Waals surface area contributed by atoms with E-state index in [1.807, 2.05) is 37.6 Å². The molecule has 90 valence electrons. The second-order valence-corrected chi connectivity index (χ2v) is 5.71. The fourth-order valence-corrected chi connectivity index (χ4v) is 3.49. The van der Waals surface area contributed by atoms with Crippen molar-refractivity contribution in [2.24, 2.45) is 0 Å². The van der Waals surface area contributed by atoms with Gasteiger partial charge in [-0.25, -0.2) is 0 Å². The molecule has 4 heteroatoms. The van der Waals surface area contributed by atoms with E-state index < -0.39 is 0 Å². The van der Waals surface area contributed by atoms with Gasteiger partial charge in [0.05, 0.1) is 11.1 Å². The molecule has 0 saturated heterocycles. The summed E-state index contributed by atoms with van der Waals surface area (Å²) in [6, 6.07) is 8.08. The van der Waals surface area contributed by atoms with E-state index in [1.165, 1.54) is 0 Å². The van der Waals surface area contributed by atoms with Gasteiger partial charge in [-0.2, -0.15) is 0 Å². The SMILES string of the molecule is CNC(c1cc(C)cc(Cl)c1)c1sccc1Cl. The van der Waals surface area contributed by atoms with Gasteiger partial charge < -0.3 is 5.32 Å². The molecule has 2 aromatic rings. The second kappa shape index (κ2) is 5.40. The summed E-state index contributed by atoms with van der Waals surface area (Å²) in [5.41, 5.74) is 2.29. The molecule has 1 heterocycles. The van der Waals surface area contributed by atoms with Crippen LogP contribution in [0.15, 0.2) is 29.6 Å². The number of hydrogen-bond acceptors (Lipinski definition) is 2. The van der Waals surface area contributed by atoms with Crippen molar-refractivity contribution in [3.05, 3.63) is 55.7 Å². The quantitative estimate of drug-likeness (QED) is 0.864. The smallest absolute Gasteiger partial charge is 0.0684 e. The second-order valence-electron chi connectivity index (χ2n) is 3.92. The first kappa shape index (κ1) is 12.9. The van der Waals surface area contributed by atoms with Gasteiger partial charge in [-0.05, 0) is 48.7 Å². The van der Waals surface area contributed by atoms with Crippen LogP contribution in [0.1, 0.15) is 22.0 Å². The van der Waals surface area contributed by atoms with Crippen LogP contribution in [-0.4, -0.2) is 7.05 Å². The molecule has 0 spiro atoms. The number of nitrogens with one attached hydrogen (secondary N) is 1. The molecule has 1 unspecified atom stereocenters. The van der Waals surface area contributed by atoms with E-state index >= 15 is 0 Å². The van der Waals surface area contributed by atoms with Crippen LogP contribution in [0.3, 0.4) is 0 Å². The molecule has 17 heavy (non-hydrogen) atoms. The summed E-state index contributed by atoms with van der Waals surface area (Å²) in [4.78, 5) is 1.12. The monoisotopic (exact) mass is 285 g/mol. The lowest BCUT2D eigenvalue weighted by Gasteiger charge is -2.16. The fourth-order valence-electron chi connectivity index (χ4n) is 1.89. The highest BCUT2D eigenvalue weighted by molar-refractivity contribution is 7.10. The zero-order valence-electron chi connectivity index (χ0n) is 9.63. The molecule has 1 nitrogen and oxygen atoms in total. The molecule has 0 aliphatic rings. The van der Waals surface area contributed by atoms with Crippen molar-refractivity contribution in [3.8, 4) is 0 Å². The lowest BCUT2D eigenvalue weighted by molar-refractivity contribution is 0.703. The maximum absolute atomic E-state index is 6.18. The summed E-state index contributed by atoms with van der Waals surface area (Å²) >= 11 is 13.9. The summed E-state index contributed by atoms with van der Waals surface area (Å²) in [6.07, 6.45) is 0. The van der Waals surface area contributed by atoms with E-state index in [1.54, 1.807) is 11.3 Å². The van der Waals surface area contributed by atoms with Crippen molar-refractivity contribution < 1.29 is 0 Å². The topological polar surface area (TPSA) is 12.0 Å². The molecular weight excluding hydrogens is 273 g/mol. The molecule has 1 N–H and O–H groups in total. The Morgan fingerprint density at radius 3 is 2.53 bits per heavy atom. The Kier molecular flexibility index (Phi) is 4.10. The van der Waals surface area contributed by atoms with Crippen LogP contribution in [0.5, 0.6) is 0 Å². The first-order chi connectivity index (χ1) is 8.11. The summed E-state index contributed by atoms with van der Waals surface area (Å²) in [5, 5.41) is 6.84. The van der Waals surface area contributed by atoms with Crippen molar-refractivity contribution in [1.82, 2.24) is 5.32 Å². The molecule has 0 amide bonds. The van der Waals surface area contributed by atoms with Gasteiger partial charge in [0.1, 0.15) is 0 Å². The van der Waals surface area contributed by atoms with E-state index in [9.17, 15) is 0 Å². The maximum Gasteiger partial charge on any atom is 0.0684 e. The lowest BCUT2D eigenvalue weighted by Crippen LogP contribution is -2.16. The van der Waals surface area contributed by atoms with Crippen molar-refractivity contribution in [2.45, 2.75) is 13.0 Å². The van der Waals surface area contributed by atoms with Crippen LogP contribution in [-0.2, 0) is 0 Å². The minimum atomic E-state index is 0.0971. The van der Waals surface area contributed by atoms with Gasteiger partial charge in [0.15, 0.2) is 0 Å². The van der Waals surface area contributed by atoms with Crippen LogP contribution >= 0.6 is 34.5 Å².